The minimum Gasteiger partial charge on any atom is -0.387 e. The predicted molar refractivity (Wildman–Crippen MR) is 88.6 cm³/mol. The van der Waals surface area contributed by atoms with Crippen LogP contribution < -0.4 is 9.58 Å². The van der Waals surface area contributed by atoms with Crippen molar-refractivity contribution in [3.8, 4) is 0 Å². The zero-order valence-corrected chi connectivity index (χ0v) is 15.2. The van der Waals surface area contributed by atoms with E-state index >= 15 is 0 Å². The van der Waals surface area contributed by atoms with Gasteiger partial charge in [0.25, 0.3) is 0 Å². The van der Waals surface area contributed by atoms with Crippen LogP contribution in [0.15, 0.2) is 17.8 Å². The maximum atomic E-state index is 10.9. The number of ether oxygens (including phenoxy) is 1. The quantitative estimate of drug-likeness (QED) is 0.335. The summed E-state index contributed by atoms with van der Waals surface area (Å²) in [7, 11) is -2.99. The smallest absolute Gasteiger partial charge is 0.387 e. The monoisotopic (exact) mass is 401 g/mol. The van der Waals surface area contributed by atoms with Crippen LogP contribution in [0.2, 0.25) is 0 Å². The van der Waals surface area contributed by atoms with Gasteiger partial charge in [0.15, 0.2) is 24.3 Å². The highest BCUT2D eigenvalue weighted by atomic mass is 31.2. The largest absolute Gasteiger partial charge is 0.469 e. The van der Waals surface area contributed by atoms with Crippen LogP contribution in [0.1, 0.15) is 13.2 Å². The third-order valence-electron chi connectivity index (χ3n) is 4.48. The van der Waals surface area contributed by atoms with E-state index in [0.29, 0.717) is 22.8 Å². The molecule has 2 aromatic heterocycles. The number of hydrogen-bond donors (Lipinski definition) is 4. The standard InChI is InChI=1S/C13H17N6O7P/c1-6-16-17(2)11-8-12(15-4-14-11)19(5-18(6)8)13-10(21)9(20)7(26-13)3-25-27(22,23)24/h4-5,7,9-10,13,20-21H,3H2,1-2H3,(H-,22,23,24)/p+1/t7?,9-,10?,13-/m1/s1. The Morgan fingerprint density at radius 1 is 1.33 bits per heavy atom. The third kappa shape index (κ3) is 3.02. The molecule has 4 atom stereocenters. The Balaban J connectivity index is 1.72. The van der Waals surface area contributed by atoms with Crippen molar-refractivity contribution in [2.24, 2.45) is 5.10 Å². The molecule has 4 N–H and O–H groups in total. The Kier molecular flexibility index (Phi) is 4.27. The minimum absolute atomic E-state index is 0.439. The van der Waals surface area contributed by atoms with E-state index in [1.165, 1.54) is 10.9 Å². The van der Waals surface area contributed by atoms with Crippen molar-refractivity contribution < 1.29 is 38.4 Å². The van der Waals surface area contributed by atoms with Crippen molar-refractivity contribution in [3.63, 3.8) is 0 Å². The third-order valence-corrected chi connectivity index (χ3v) is 4.96. The van der Waals surface area contributed by atoms with Gasteiger partial charge in [-0.15, -0.1) is 5.10 Å². The number of nitrogens with zero attached hydrogens (tertiary/aromatic N) is 6. The molecule has 0 radical (unpaired) electrons. The van der Waals surface area contributed by atoms with E-state index in [1.807, 2.05) is 0 Å². The Hall–Kier alpha value is -1.99. The second-order valence-electron chi connectivity index (χ2n) is 6.27. The number of imidazole rings is 1. The summed E-state index contributed by atoms with van der Waals surface area (Å²) >= 11 is 0. The average Bonchev–Trinajstić information content (AvgIpc) is 3.11. The zero-order valence-electron chi connectivity index (χ0n) is 14.3. The highest BCUT2D eigenvalue weighted by Crippen LogP contribution is 2.38. The SMILES string of the molecule is CC1=NN(C)c2ncnc3c2n1c[n+]3[C@@H]1OC(COP(=O)(O)O)[C@@H](O)C1O. The highest BCUT2D eigenvalue weighted by Gasteiger charge is 2.48. The van der Waals surface area contributed by atoms with Crippen molar-refractivity contribution in [2.45, 2.75) is 31.5 Å². The summed E-state index contributed by atoms with van der Waals surface area (Å²) in [5.74, 6) is 1.19. The summed E-state index contributed by atoms with van der Waals surface area (Å²) < 4.78 is 24.1. The van der Waals surface area contributed by atoms with E-state index < -0.39 is 39.0 Å². The first-order chi connectivity index (χ1) is 12.7. The van der Waals surface area contributed by atoms with Gasteiger partial charge >= 0.3 is 13.5 Å². The molecule has 0 bridgehead atoms. The molecule has 0 aromatic carbocycles. The van der Waals surface area contributed by atoms with Gasteiger partial charge in [0, 0.05) is 14.0 Å². The van der Waals surface area contributed by atoms with E-state index in [9.17, 15) is 14.8 Å². The molecule has 13 nitrogen and oxygen atoms in total. The lowest BCUT2D eigenvalue weighted by Crippen LogP contribution is -2.46. The van der Waals surface area contributed by atoms with E-state index in [1.54, 1.807) is 29.9 Å². The molecule has 146 valence electrons. The van der Waals surface area contributed by atoms with Crippen LogP contribution >= 0.6 is 7.82 Å². The van der Waals surface area contributed by atoms with Crippen LogP contribution in [0, 0.1) is 0 Å². The molecule has 14 heteroatoms. The van der Waals surface area contributed by atoms with Crippen LogP contribution in [-0.4, -0.2) is 72.3 Å². The molecule has 2 unspecified atom stereocenters. The molecule has 4 rings (SSSR count). The maximum Gasteiger partial charge on any atom is 0.469 e. The second-order valence-corrected chi connectivity index (χ2v) is 7.51. The number of hydrazone groups is 1. The molecule has 2 aliphatic rings. The van der Waals surface area contributed by atoms with Crippen LogP contribution in [0.25, 0.3) is 11.2 Å². The molecular weight excluding hydrogens is 383 g/mol. The summed E-state index contributed by atoms with van der Waals surface area (Å²) in [5, 5.41) is 26.5. The van der Waals surface area contributed by atoms with Gasteiger partial charge in [-0.1, -0.05) is 4.98 Å². The number of phosphoric ester groups is 1. The Morgan fingerprint density at radius 3 is 2.78 bits per heavy atom. The molecular formula is C13H18N6O7P+. The lowest BCUT2D eigenvalue weighted by molar-refractivity contribution is -0.745. The lowest BCUT2D eigenvalue weighted by Gasteiger charge is -2.16. The fourth-order valence-corrected chi connectivity index (χ4v) is 3.59. The lowest BCUT2D eigenvalue weighted by atomic mass is 10.1. The highest BCUT2D eigenvalue weighted by molar-refractivity contribution is 7.46. The Morgan fingerprint density at radius 2 is 2.07 bits per heavy atom. The van der Waals surface area contributed by atoms with Gasteiger partial charge in [-0.05, 0) is 0 Å². The Labute approximate surface area is 152 Å². The van der Waals surface area contributed by atoms with Gasteiger partial charge in [-0.3, -0.25) is 4.52 Å². The van der Waals surface area contributed by atoms with Crippen LogP contribution in [0.5, 0.6) is 0 Å². The van der Waals surface area contributed by atoms with Gasteiger partial charge in [0.2, 0.25) is 11.7 Å². The molecule has 0 aliphatic carbocycles. The van der Waals surface area contributed by atoms with Crippen molar-refractivity contribution in [1.29, 1.82) is 0 Å². The number of anilines is 1. The summed E-state index contributed by atoms with van der Waals surface area (Å²) in [6.45, 7) is 1.20. The topological polar surface area (TPSA) is 167 Å². The fourth-order valence-electron chi connectivity index (χ4n) is 3.25. The first-order valence-electron chi connectivity index (χ1n) is 7.95. The summed E-state index contributed by atoms with van der Waals surface area (Å²) in [6, 6.07) is 0. The number of hydrogen-bond acceptors (Lipinski definition) is 9. The maximum absolute atomic E-state index is 10.9. The van der Waals surface area contributed by atoms with Crippen molar-refractivity contribution in [2.75, 3.05) is 18.7 Å². The molecule has 4 heterocycles. The predicted octanol–water partition coefficient (Wildman–Crippen LogP) is -1.92. The molecule has 2 aliphatic heterocycles. The van der Waals surface area contributed by atoms with Gasteiger partial charge in [0.1, 0.15) is 18.3 Å². The van der Waals surface area contributed by atoms with Crippen molar-refractivity contribution in [3.05, 3.63) is 12.7 Å². The van der Waals surface area contributed by atoms with Gasteiger partial charge in [0.05, 0.1) is 6.61 Å². The van der Waals surface area contributed by atoms with E-state index in [4.69, 9.17) is 14.5 Å². The fraction of sp³-hybridized carbons (Fsp3) is 0.538. The number of aliphatic hydroxyl groups is 2. The molecule has 0 amide bonds. The molecule has 27 heavy (non-hydrogen) atoms. The molecule has 2 aromatic rings. The van der Waals surface area contributed by atoms with Gasteiger partial charge < -0.3 is 24.7 Å². The van der Waals surface area contributed by atoms with Gasteiger partial charge in [-0.25, -0.2) is 18.7 Å². The van der Waals surface area contributed by atoms with Crippen molar-refractivity contribution >= 4 is 30.6 Å². The number of rotatable bonds is 4. The molecule has 1 saturated heterocycles. The van der Waals surface area contributed by atoms with Crippen LogP contribution in [0.3, 0.4) is 0 Å². The molecule has 0 saturated carbocycles. The summed E-state index contributed by atoms with van der Waals surface area (Å²) in [6.07, 6.45) is -2.00. The van der Waals surface area contributed by atoms with Crippen LogP contribution in [-0.2, 0) is 13.8 Å². The second kappa shape index (κ2) is 6.27. The van der Waals surface area contributed by atoms with Crippen LogP contribution in [0.4, 0.5) is 5.82 Å². The number of aliphatic hydroxyl groups excluding tert-OH is 2. The van der Waals surface area contributed by atoms with E-state index in [2.05, 4.69) is 19.6 Å². The number of aromatic nitrogens is 4. The van der Waals surface area contributed by atoms with Crippen molar-refractivity contribution in [1.82, 2.24) is 14.5 Å². The zero-order chi connectivity index (χ0) is 19.5. The first-order valence-corrected chi connectivity index (χ1v) is 9.48. The molecule has 1 fully saturated rings. The first kappa shape index (κ1) is 18.4. The number of phosphoric acid groups is 1. The Bertz CT molecular complexity index is 973. The van der Waals surface area contributed by atoms with E-state index in [0.717, 1.165) is 0 Å². The normalized spacial score (nSPS) is 28.1. The molecule has 0 spiro atoms. The summed E-state index contributed by atoms with van der Waals surface area (Å²) in [5.41, 5.74) is 1.08. The van der Waals surface area contributed by atoms with E-state index in [-0.39, 0.29) is 0 Å². The van der Waals surface area contributed by atoms with Gasteiger partial charge in [-0.2, -0.15) is 4.98 Å². The summed E-state index contributed by atoms with van der Waals surface area (Å²) in [4.78, 5) is 26.1. The average molecular weight is 401 g/mol. The minimum atomic E-state index is -4.73.